The molecule has 1 aromatic rings. The number of hydrogen-bond acceptors (Lipinski definition) is 6. The molecule has 1 heterocycles. The molecule has 0 aliphatic carbocycles. The quantitative estimate of drug-likeness (QED) is 0.790. The van der Waals surface area contributed by atoms with E-state index in [0.29, 0.717) is 17.4 Å². The maximum atomic E-state index is 11.9. The lowest BCUT2D eigenvalue weighted by Crippen LogP contribution is -2.35. The Morgan fingerprint density at radius 1 is 1.61 bits per heavy atom. The van der Waals surface area contributed by atoms with Gasteiger partial charge < -0.3 is 15.4 Å². The van der Waals surface area contributed by atoms with E-state index in [0.717, 1.165) is 0 Å². The van der Waals surface area contributed by atoms with E-state index in [1.807, 2.05) is 0 Å². The number of methoxy groups -OCH3 is 1. The second-order valence-electron chi connectivity index (χ2n) is 4.05. The fourth-order valence-corrected chi connectivity index (χ4v) is 2.04. The molecule has 0 radical (unpaired) electrons. The van der Waals surface area contributed by atoms with Crippen molar-refractivity contribution in [3.63, 3.8) is 0 Å². The summed E-state index contributed by atoms with van der Waals surface area (Å²) in [5.74, 6) is -0.770. The van der Waals surface area contributed by atoms with Crippen LogP contribution in [0.4, 0.5) is 5.13 Å². The smallest absolute Gasteiger partial charge is 0.310 e. The Labute approximate surface area is 110 Å². The van der Waals surface area contributed by atoms with Gasteiger partial charge in [0.15, 0.2) is 5.13 Å². The number of anilines is 1. The van der Waals surface area contributed by atoms with Crippen LogP contribution in [0.25, 0.3) is 0 Å². The number of rotatable bonds is 5. The Hall–Kier alpha value is -1.63. The van der Waals surface area contributed by atoms with E-state index in [-0.39, 0.29) is 24.2 Å². The van der Waals surface area contributed by atoms with Crippen molar-refractivity contribution < 1.29 is 14.3 Å². The van der Waals surface area contributed by atoms with Gasteiger partial charge in [-0.15, -0.1) is 11.3 Å². The molecule has 0 saturated carbocycles. The number of nitrogen functional groups attached to an aromatic ring is 1. The highest BCUT2D eigenvalue weighted by Crippen LogP contribution is 2.12. The molecule has 100 valence electrons. The molecule has 1 rings (SSSR count). The summed E-state index contributed by atoms with van der Waals surface area (Å²) < 4.78 is 4.61. The highest BCUT2D eigenvalue weighted by atomic mass is 32.1. The van der Waals surface area contributed by atoms with Gasteiger partial charge in [-0.2, -0.15) is 0 Å². The molecule has 0 aliphatic heterocycles. The molecule has 0 saturated heterocycles. The Balaban J connectivity index is 2.49. The molecule has 6 nitrogen and oxygen atoms in total. The molecule has 1 aromatic heterocycles. The standard InChI is InChI=1S/C11H17N3O3S/c1-7(10(16)17-3)5-14(2)9(15)4-8-6-18-11(12)13-8/h6-7H,4-5H2,1-3H3,(H2,12,13). The van der Waals surface area contributed by atoms with Gasteiger partial charge in [-0.05, 0) is 0 Å². The molecule has 0 bridgehead atoms. The van der Waals surface area contributed by atoms with E-state index in [9.17, 15) is 9.59 Å². The van der Waals surface area contributed by atoms with Crippen molar-refractivity contribution in [3.8, 4) is 0 Å². The van der Waals surface area contributed by atoms with Crippen molar-refractivity contribution in [1.82, 2.24) is 9.88 Å². The monoisotopic (exact) mass is 271 g/mol. The molecule has 0 aliphatic rings. The highest BCUT2D eigenvalue weighted by molar-refractivity contribution is 7.13. The van der Waals surface area contributed by atoms with E-state index in [1.165, 1.54) is 23.3 Å². The summed E-state index contributed by atoms with van der Waals surface area (Å²) in [5.41, 5.74) is 6.14. The third-order valence-corrected chi connectivity index (χ3v) is 3.20. The van der Waals surface area contributed by atoms with Gasteiger partial charge in [-0.1, -0.05) is 6.92 Å². The van der Waals surface area contributed by atoms with Crippen molar-refractivity contribution in [2.45, 2.75) is 13.3 Å². The van der Waals surface area contributed by atoms with Gasteiger partial charge in [0, 0.05) is 19.0 Å². The van der Waals surface area contributed by atoms with E-state index in [1.54, 1.807) is 19.4 Å². The average Bonchev–Trinajstić information content (AvgIpc) is 2.73. The number of ether oxygens (including phenoxy) is 1. The average molecular weight is 271 g/mol. The van der Waals surface area contributed by atoms with Crippen molar-refractivity contribution in [2.24, 2.45) is 5.92 Å². The fourth-order valence-electron chi connectivity index (χ4n) is 1.48. The van der Waals surface area contributed by atoms with Crippen LogP contribution >= 0.6 is 11.3 Å². The Bertz CT molecular complexity index is 433. The minimum absolute atomic E-state index is 0.101. The van der Waals surface area contributed by atoms with Crippen molar-refractivity contribution in [3.05, 3.63) is 11.1 Å². The number of thiazole rings is 1. The predicted octanol–water partition coefficient (Wildman–Crippen LogP) is 0.535. The largest absolute Gasteiger partial charge is 0.469 e. The highest BCUT2D eigenvalue weighted by Gasteiger charge is 2.19. The molecular weight excluding hydrogens is 254 g/mol. The summed E-state index contributed by atoms with van der Waals surface area (Å²) in [7, 11) is 2.98. The molecule has 0 fully saturated rings. The first-order chi connectivity index (χ1) is 8.43. The minimum Gasteiger partial charge on any atom is -0.469 e. The molecule has 18 heavy (non-hydrogen) atoms. The zero-order chi connectivity index (χ0) is 13.7. The topological polar surface area (TPSA) is 85.5 Å². The summed E-state index contributed by atoms with van der Waals surface area (Å²) in [4.78, 5) is 28.6. The fraction of sp³-hybridized carbons (Fsp3) is 0.545. The lowest BCUT2D eigenvalue weighted by Gasteiger charge is -2.19. The maximum Gasteiger partial charge on any atom is 0.310 e. The minimum atomic E-state index is -0.343. The number of carbonyl (C=O) groups is 2. The zero-order valence-electron chi connectivity index (χ0n) is 10.7. The van der Waals surface area contributed by atoms with Gasteiger partial charge in [0.05, 0.1) is 25.1 Å². The molecule has 0 aromatic carbocycles. The number of amides is 1. The van der Waals surface area contributed by atoms with Gasteiger partial charge in [-0.25, -0.2) is 4.98 Å². The summed E-state index contributed by atoms with van der Waals surface area (Å²) in [6, 6.07) is 0. The first-order valence-corrected chi connectivity index (χ1v) is 6.33. The van der Waals surface area contributed by atoms with Gasteiger partial charge in [-0.3, -0.25) is 9.59 Å². The van der Waals surface area contributed by atoms with Crippen LogP contribution in [0.3, 0.4) is 0 Å². The number of nitrogens with two attached hydrogens (primary N) is 1. The van der Waals surface area contributed by atoms with Gasteiger partial charge in [0.25, 0.3) is 0 Å². The Morgan fingerprint density at radius 2 is 2.28 bits per heavy atom. The summed E-state index contributed by atoms with van der Waals surface area (Å²) >= 11 is 1.30. The Kier molecular flexibility index (Phi) is 5.08. The normalized spacial score (nSPS) is 11.9. The van der Waals surface area contributed by atoms with E-state index >= 15 is 0 Å². The number of carbonyl (C=O) groups excluding carboxylic acids is 2. The van der Waals surface area contributed by atoms with Crippen LogP contribution in [-0.4, -0.2) is 42.5 Å². The van der Waals surface area contributed by atoms with Crippen LogP contribution in [0.5, 0.6) is 0 Å². The van der Waals surface area contributed by atoms with Crippen LogP contribution in [0.1, 0.15) is 12.6 Å². The van der Waals surface area contributed by atoms with Gasteiger partial charge in [0.2, 0.25) is 5.91 Å². The van der Waals surface area contributed by atoms with E-state index in [4.69, 9.17) is 5.73 Å². The first kappa shape index (κ1) is 14.4. The molecular formula is C11H17N3O3S. The van der Waals surface area contributed by atoms with Crippen molar-refractivity contribution in [2.75, 3.05) is 26.4 Å². The molecule has 7 heteroatoms. The summed E-state index contributed by atoms with van der Waals surface area (Å²) in [6.45, 7) is 2.04. The lowest BCUT2D eigenvalue weighted by molar-refractivity contribution is -0.146. The van der Waals surface area contributed by atoms with Crippen molar-refractivity contribution >= 4 is 28.3 Å². The van der Waals surface area contributed by atoms with E-state index < -0.39 is 0 Å². The first-order valence-electron chi connectivity index (χ1n) is 5.45. The summed E-state index contributed by atoms with van der Waals surface area (Å²) in [6.07, 6.45) is 0.193. The maximum absolute atomic E-state index is 11.9. The van der Waals surface area contributed by atoms with Crippen LogP contribution in [0, 0.1) is 5.92 Å². The lowest BCUT2D eigenvalue weighted by atomic mass is 10.1. The third kappa shape index (κ3) is 3.99. The zero-order valence-corrected chi connectivity index (χ0v) is 11.5. The third-order valence-electron chi connectivity index (χ3n) is 2.48. The molecule has 2 N–H and O–H groups in total. The Morgan fingerprint density at radius 3 is 2.78 bits per heavy atom. The second-order valence-corrected chi connectivity index (χ2v) is 4.94. The predicted molar refractivity (Wildman–Crippen MR) is 69.0 cm³/mol. The second kappa shape index (κ2) is 6.34. The molecule has 1 amide bonds. The number of hydrogen-bond donors (Lipinski definition) is 1. The number of likely N-dealkylation sites (N-methyl/N-ethyl adjacent to an activating group) is 1. The molecule has 1 unspecified atom stereocenters. The van der Waals surface area contributed by atoms with Crippen LogP contribution < -0.4 is 5.73 Å². The SMILES string of the molecule is COC(=O)C(C)CN(C)C(=O)Cc1csc(N)n1. The number of nitrogens with zero attached hydrogens (tertiary/aromatic N) is 2. The summed E-state index contributed by atoms with van der Waals surface area (Å²) in [5, 5.41) is 2.20. The number of esters is 1. The van der Waals surface area contributed by atoms with Gasteiger partial charge >= 0.3 is 5.97 Å². The molecule has 1 atom stereocenters. The molecule has 0 spiro atoms. The van der Waals surface area contributed by atoms with Gasteiger partial charge in [0.1, 0.15) is 0 Å². The van der Waals surface area contributed by atoms with Crippen LogP contribution in [-0.2, 0) is 20.7 Å². The van der Waals surface area contributed by atoms with Crippen LogP contribution in [0.2, 0.25) is 0 Å². The van der Waals surface area contributed by atoms with Crippen LogP contribution in [0.15, 0.2) is 5.38 Å². The van der Waals surface area contributed by atoms with E-state index in [2.05, 4.69) is 9.72 Å². The van der Waals surface area contributed by atoms with Crippen molar-refractivity contribution in [1.29, 1.82) is 0 Å². The number of aromatic nitrogens is 1.